The van der Waals surface area contributed by atoms with Crippen LogP contribution in [0, 0.1) is 0 Å². The van der Waals surface area contributed by atoms with Crippen LogP contribution in [-0.2, 0) is 4.79 Å². The van der Waals surface area contributed by atoms with Crippen LogP contribution in [0.5, 0.6) is 5.75 Å². The first-order chi connectivity index (χ1) is 8.24. The van der Waals surface area contributed by atoms with Crippen molar-refractivity contribution < 1.29 is 22.7 Å². The predicted octanol–water partition coefficient (Wildman–Crippen LogP) is 4.33. The van der Waals surface area contributed by atoms with E-state index in [1.807, 2.05) is 0 Å². The normalized spacial score (nSPS) is 13.2. The number of hydrogen-bond acceptors (Lipinski definition) is 3. The second-order valence-corrected chi connectivity index (χ2v) is 5.22. The van der Waals surface area contributed by atoms with Crippen LogP contribution in [-0.4, -0.2) is 18.4 Å². The second kappa shape index (κ2) is 5.97. The van der Waals surface area contributed by atoms with Crippen molar-refractivity contribution in [3.8, 4) is 5.75 Å². The number of rotatable bonds is 4. The summed E-state index contributed by atoms with van der Waals surface area (Å²) < 4.78 is 40.8. The highest BCUT2D eigenvalue weighted by molar-refractivity contribution is 9.09. The molecule has 0 saturated heterocycles. The molecule has 1 unspecified atom stereocenters. The maximum atomic E-state index is 12.3. The van der Waals surface area contributed by atoms with Gasteiger partial charge in [-0.05, 0) is 25.3 Å². The quantitative estimate of drug-likeness (QED) is 0.601. The summed E-state index contributed by atoms with van der Waals surface area (Å²) in [5, 5.41) is 0. The molecule has 0 fully saturated rings. The first-order valence-corrected chi connectivity index (χ1v) is 6.97. The number of benzene rings is 1. The number of carbonyl (C=O) groups excluding carboxylic acids is 1. The second-order valence-electron chi connectivity index (χ2n) is 3.42. The minimum atomic E-state index is -4.78. The molecule has 0 saturated carbocycles. The van der Waals surface area contributed by atoms with E-state index < -0.39 is 11.2 Å². The van der Waals surface area contributed by atoms with Gasteiger partial charge in [0.1, 0.15) is 16.4 Å². The SMILES string of the molecule is CSc1ccc(C(Br)C(C)=O)c(OC(F)(F)F)c1. The first-order valence-electron chi connectivity index (χ1n) is 4.83. The number of carbonyl (C=O) groups is 1. The summed E-state index contributed by atoms with van der Waals surface area (Å²) in [5.74, 6) is -0.648. The van der Waals surface area contributed by atoms with E-state index in [0.717, 1.165) is 0 Å². The van der Waals surface area contributed by atoms with Crippen LogP contribution in [0.3, 0.4) is 0 Å². The van der Waals surface area contributed by atoms with Gasteiger partial charge in [0, 0.05) is 10.5 Å². The Hall–Kier alpha value is -0.690. The molecule has 1 atom stereocenters. The van der Waals surface area contributed by atoms with Gasteiger partial charge < -0.3 is 4.74 Å². The molecule has 100 valence electrons. The van der Waals surface area contributed by atoms with Gasteiger partial charge in [0.25, 0.3) is 0 Å². The third-order valence-corrected chi connectivity index (χ3v) is 3.94. The van der Waals surface area contributed by atoms with E-state index in [9.17, 15) is 18.0 Å². The highest BCUT2D eigenvalue weighted by Gasteiger charge is 2.33. The van der Waals surface area contributed by atoms with Gasteiger partial charge in [-0.2, -0.15) is 0 Å². The van der Waals surface area contributed by atoms with E-state index in [4.69, 9.17) is 0 Å². The lowest BCUT2D eigenvalue weighted by molar-refractivity contribution is -0.275. The number of Topliss-reactive ketones (excluding diaryl/α,β-unsaturated/α-hetero) is 1. The summed E-state index contributed by atoms with van der Waals surface area (Å²) in [6, 6.07) is 4.36. The van der Waals surface area contributed by atoms with E-state index in [-0.39, 0.29) is 17.1 Å². The monoisotopic (exact) mass is 342 g/mol. The Bertz CT molecular complexity index is 448. The van der Waals surface area contributed by atoms with Crippen LogP contribution >= 0.6 is 27.7 Å². The molecule has 0 spiro atoms. The van der Waals surface area contributed by atoms with Crippen molar-refractivity contribution in [1.82, 2.24) is 0 Å². The fourth-order valence-corrected chi connectivity index (χ4v) is 2.09. The fourth-order valence-electron chi connectivity index (χ4n) is 1.28. The Morgan fingerprint density at radius 2 is 2.06 bits per heavy atom. The van der Waals surface area contributed by atoms with E-state index in [1.165, 1.54) is 30.8 Å². The van der Waals surface area contributed by atoms with Crippen LogP contribution in [0.25, 0.3) is 0 Å². The Morgan fingerprint density at radius 1 is 1.44 bits per heavy atom. The van der Waals surface area contributed by atoms with Crippen molar-refractivity contribution in [2.75, 3.05) is 6.26 Å². The molecule has 2 nitrogen and oxygen atoms in total. The average molecular weight is 343 g/mol. The van der Waals surface area contributed by atoms with Crippen molar-refractivity contribution in [2.24, 2.45) is 0 Å². The van der Waals surface area contributed by atoms with Crippen molar-refractivity contribution in [3.05, 3.63) is 23.8 Å². The molecular weight excluding hydrogens is 333 g/mol. The maximum Gasteiger partial charge on any atom is 0.573 e. The number of hydrogen-bond donors (Lipinski definition) is 0. The highest BCUT2D eigenvalue weighted by atomic mass is 79.9. The zero-order valence-electron chi connectivity index (χ0n) is 9.55. The summed E-state index contributed by atoms with van der Waals surface area (Å²) in [5.41, 5.74) is 0.164. The van der Waals surface area contributed by atoms with Gasteiger partial charge in [-0.1, -0.05) is 22.0 Å². The topological polar surface area (TPSA) is 26.3 Å². The third-order valence-electron chi connectivity index (χ3n) is 2.08. The molecule has 0 radical (unpaired) electrons. The predicted molar refractivity (Wildman–Crippen MR) is 67.3 cm³/mol. The Morgan fingerprint density at radius 3 is 2.50 bits per heavy atom. The molecule has 0 aromatic heterocycles. The molecule has 0 heterocycles. The van der Waals surface area contributed by atoms with Crippen molar-refractivity contribution >= 4 is 33.5 Å². The average Bonchev–Trinajstić information content (AvgIpc) is 2.25. The van der Waals surface area contributed by atoms with Gasteiger partial charge in [-0.25, -0.2) is 0 Å². The highest BCUT2D eigenvalue weighted by Crippen LogP contribution is 2.37. The zero-order valence-corrected chi connectivity index (χ0v) is 11.9. The molecule has 18 heavy (non-hydrogen) atoms. The Kier molecular flexibility index (Phi) is 5.10. The molecule has 1 aromatic rings. The largest absolute Gasteiger partial charge is 0.573 e. The maximum absolute atomic E-state index is 12.3. The van der Waals surface area contributed by atoms with Gasteiger partial charge in [0.05, 0.1) is 0 Å². The minimum Gasteiger partial charge on any atom is -0.405 e. The number of halogens is 4. The number of thioether (sulfide) groups is 1. The van der Waals surface area contributed by atoms with Gasteiger partial charge in [0.15, 0.2) is 0 Å². The van der Waals surface area contributed by atoms with Crippen molar-refractivity contribution in [2.45, 2.75) is 23.0 Å². The third kappa shape index (κ3) is 4.20. The summed E-state index contributed by atoms with van der Waals surface area (Å²) >= 11 is 4.34. The lowest BCUT2D eigenvalue weighted by Crippen LogP contribution is -2.19. The lowest BCUT2D eigenvalue weighted by Gasteiger charge is -2.16. The smallest absolute Gasteiger partial charge is 0.405 e. The molecule has 7 heteroatoms. The standard InChI is InChI=1S/C11H10BrF3O2S/c1-6(16)10(12)8-4-3-7(18-2)5-9(8)17-11(13,14)15/h3-5,10H,1-2H3. The van der Waals surface area contributed by atoms with E-state index >= 15 is 0 Å². The van der Waals surface area contributed by atoms with Crippen LogP contribution in [0.15, 0.2) is 23.1 Å². The fraction of sp³-hybridized carbons (Fsp3) is 0.364. The summed E-state index contributed by atoms with van der Waals surface area (Å²) in [7, 11) is 0. The van der Waals surface area contributed by atoms with Gasteiger partial charge >= 0.3 is 6.36 Å². The van der Waals surface area contributed by atoms with E-state index in [2.05, 4.69) is 20.7 Å². The molecule has 0 bridgehead atoms. The van der Waals surface area contributed by atoms with Crippen LogP contribution in [0.2, 0.25) is 0 Å². The molecule has 0 aliphatic carbocycles. The molecular formula is C11H10BrF3O2S. The molecule has 0 amide bonds. The Balaban J connectivity index is 3.20. The van der Waals surface area contributed by atoms with Crippen LogP contribution in [0.1, 0.15) is 17.3 Å². The van der Waals surface area contributed by atoms with Crippen molar-refractivity contribution in [1.29, 1.82) is 0 Å². The van der Waals surface area contributed by atoms with Crippen LogP contribution < -0.4 is 4.74 Å². The molecule has 1 rings (SSSR count). The van der Waals surface area contributed by atoms with Crippen LogP contribution in [0.4, 0.5) is 13.2 Å². The molecule has 1 aromatic carbocycles. The molecule has 0 N–H and O–H groups in total. The van der Waals surface area contributed by atoms with Crippen molar-refractivity contribution in [3.63, 3.8) is 0 Å². The Labute approximate surface area is 115 Å². The van der Waals surface area contributed by atoms with Gasteiger partial charge in [-0.15, -0.1) is 24.9 Å². The summed E-state index contributed by atoms with van der Waals surface area (Å²) in [6.07, 6.45) is -3.04. The first kappa shape index (κ1) is 15.4. The number of alkyl halides is 4. The zero-order chi connectivity index (χ0) is 13.9. The summed E-state index contributed by atoms with van der Waals surface area (Å²) in [4.78, 5) is 11.0. The number of ether oxygens (including phenoxy) is 1. The minimum absolute atomic E-state index is 0.164. The molecule has 0 aliphatic rings. The molecule has 0 aliphatic heterocycles. The summed E-state index contributed by atoms with van der Waals surface area (Å²) in [6.45, 7) is 1.29. The van der Waals surface area contributed by atoms with E-state index in [1.54, 1.807) is 12.3 Å². The van der Waals surface area contributed by atoms with E-state index in [0.29, 0.717) is 4.90 Å². The lowest BCUT2D eigenvalue weighted by atomic mass is 10.1. The number of ketones is 1. The van der Waals surface area contributed by atoms with Gasteiger partial charge in [-0.3, -0.25) is 4.79 Å². The van der Waals surface area contributed by atoms with Gasteiger partial charge in [0.2, 0.25) is 0 Å².